The molecule has 1 aromatic carbocycles. The van der Waals surface area contributed by atoms with E-state index in [0.717, 1.165) is 4.47 Å². The monoisotopic (exact) mass is 345 g/mol. The van der Waals surface area contributed by atoms with E-state index in [1.807, 2.05) is 0 Å². The molecule has 5 nitrogen and oxygen atoms in total. The highest BCUT2D eigenvalue weighted by Gasteiger charge is 2.15. The van der Waals surface area contributed by atoms with E-state index in [-0.39, 0.29) is 31.4 Å². The minimum absolute atomic E-state index is 0.139. The van der Waals surface area contributed by atoms with Gasteiger partial charge in [-0.3, -0.25) is 9.59 Å². The molecule has 3 N–H and O–H groups in total. The fourth-order valence-electron chi connectivity index (χ4n) is 1.60. The SMILES string of the molecule is CCN(Cc1cc(Br)ccc1F)C(=O)CNC(=O)CN. The summed E-state index contributed by atoms with van der Waals surface area (Å²) in [7, 11) is 0. The lowest BCUT2D eigenvalue weighted by atomic mass is 10.2. The molecule has 110 valence electrons. The summed E-state index contributed by atoms with van der Waals surface area (Å²) >= 11 is 3.26. The van der Waals surface area contributed by atoms with Gasteiger partial charge in [0, 0.05) is 23.1 Å². The van der Waals surface area contributed by atoms with Crippen LogP contribution < -0.4 is 11.1 Å². The summed E-state index contributed by atoms with van der Waals surface area (Å²) in [4.78, 5) is 24.4. The third-order valence-electron chi connectivity index (χ3n) is 2.73. The summed E-state index contributed by atoms with van der Waals surface area (Å²) in [6.45, 7) is 2.06. The van der Waals surface area contributed by atoms with Gasteiger partial charge in [0.05, 0.1) is 13.1 Å². The Bertz CT molecular complexity index is 497. The molecule has 0 bridgehead atoms. The Morgan fingerprint density at radius 3 is 2.75 bits per heavy atom. The van der Waals surface area contributed by atoms with Crippen molar-refractivity contribution in [3.05, 3.63) is 34.1 Å². The smallest absolute Gasteiger partial charge is 0.242 e. The number of likely N-dealkylation sites (N-methyl/N-ethyl adjacent to an activating group) is 1. The van der Waals surface area contributed by atoms with Crippen LogP contribution in [-0.2, 0) is 16.1 Å². The van der Waals surface area contributed by atoms with Crippen LogP contribution in [0.2, 0.25) is 0 Å². The molecule has 0 saturated carbocycles. The van der Waals surface area contributed by atoms with Gasteiger partial charge in [0.2, 0.25) is 11.8 Å². The van der Waals surface area contributed by atoms with E-state index >= 15 is 0 Å². The Kier molecular flexibility index (Phi) is 6.60. The second kappa shape index (κ2) is 7.96. The van der Waals surface area contributed by atoms with E-state index in [1.165, 1.54) is 11.0 Å². The average Bonchev–Trinajstić information content (AvgIpc) is 2.45. The van der Waals surface area contributed by atoms with Gasteiger partial charge in [-0.2, -0.15) is 0 Å². The number of nitrogens with two attached hydrogens (primary N) is 1. The second-order valence-corrected chi connectivity index (χ2v) is 5.04. The van der Waals surface area contributed by atoms with E-state index in [9.17, 15) is 14.0 Å². The van der Waals surface area contributed by atoms with Crippen molar-refractivity contribution in [3.8, 4) is 0 Å². The summed E-state index contributed by atoms with van der Waals surface area (Å²) in [6, 6.07) is 4.57. The molecule has 0 aromatic heterocycles. The largest absolute Gasteiger partial charge is 0.346 e. The van der Waals surface area contributed by atoms with Crippen LogP contribution in [0.1, 0.15) is 12.5 Å². The first kappa shape index (κ1) is 16.6. The van der Waals surface area contributed by atoms with E-state index in [2.05, 4.69) is 21.2 Å². The third-order valence-corrected chi connectivity index (χ3v) is 3.22. The number of halogens is 2. The fraction of sp³-hybridized carbons (Fsp3) is 0.385. The van der Waals surface area contributed by atoms with Crippen molar-refractivity contribution in [1.29, 1.82) is 0 Å². The Balaban J connectivity index is 2.68. The fourth-order valence-corrected chi connectivity index (χ4v) is 2.01. The molecular formula is C13H17BrFN3O2. The number of hydrogen-bond acceptors (Lipinski definition) is 3. The molecule has 0 atom stereocenters. The molecule has 1 rings (SSSR count). The molecular weight excluding hydrogens is 329 g/mol. The van der Waals surface area contributed by atoms with Gasteiger partial charge in [0.15, 0.2) is 0 Å². The van der Waals surface area contributed by atoms with Gasteiger partial charge < -0.3 is 16.0 Å². The van der Waals surface area contributed by atoms with Crippen LogP contribution in [0.15, 0.2) is 22.7 Å². The number of amides is 2. The van der Waals surface area contributed by atoms with Crippen molar-refractivity contribution in [2.45, 2.75) is 13.5 Å². The van der Waals surface area contributed by atoms with Crippen LogP contribution in [0.4, 0.5) is 4.39 Å². The van der Waals surface area contributed by atoms with Crippen molar-refractivity contribution in [2.24, 2.45) is 5.73 Å². The van der Waals surface area contributed by atoms with Crippen molar-refractivity contribution in [3.63, 3.8) is 0 Å². The van der Waals surface area contributed by atoms with Gasteiger partial charge in [-0.05, 0) is 25.1 Å². The Morgan fingerprint density at radius 2 is 2.15 bits per heavy atom. The first-order valence-corrected chi connectivity index (χ1v) is 6.95. The highest BCUT2D eigenvalue weighted by atomic mass is 79.9. The number of carbonyl (C=O) groups is 2. The quantitative estimate of drug-likeness (QED) is 0.807. The molecule has 7 heteroatoms. The molecule has 0 heterocycles. The first-order valence-electron chi connectivity index (χ1n) is 6.16. The maximum Gasteiger partial charge on any atom is 0.242 e. The van der Waals surface area contributed by atoms with Crippen LogP contribution >= 0.6 is 15.9 Å². The Morgan fingerprint density at radius 1 is 1.45 bits per heavy atom. The molecule has 0 saturated heterocycles. The van der Waals surface area contributed by atoms with Crippen molar-refractivity contribution >= 4 is 27.7 Å². The molecule has 0 unspecified atom stereocenters. The lowest BCUT2D eigenvalue weighted by Crippen LogP contribution is -2.41. The second-order valence-electron chi connectivity index (χ2n) is 4.12. The zero-order valence-corrected chi connectivity index (χ0v) is 12.7. The van der Waals surface area contributed by atoms with Gasteiger partial charge in [-0.1, -0.05) is 15.9 Å². The number of nitrogens with zero attached hydrogens (tertiary/aromatic N) is 1. The normalized spacial score (nSPS) is 10.2. The molecule has 1 aromatic rings. The molecule has 20 heavy (non-hydrogen) atoms. The lowest BCUT2D eigenvalue weighted by Gasteiger charge is -2.21. The Hall–Kier alpha value is -1.47. The van der Waals surface area contributed by atoms with E-state index in [0.29, 0.717) is 12.1 Å². The highest BCUT2D eigenvalue weighted by Crippen LogP contribution is 2.17. The number of hydrogen-bond donors (Lipinski definition) is 2. The van der Waals surface area contributed by atoms with Gasteiger partial charge in [-0.15, -0.1) is 0 Å². The van der Waals surface area contributed by atoms with Crippen LogP contribution in [0.3, 0.4) is 0 Å². The summed E-state index contributed by atoms with van der Waals surface area (Å²) in [5.74, 6) is -1.05. The minimum atomic E-state index is -0.400. The number of rotatable bonds is 6. The molecule has 0 fully saturated rings. The van der Waals surface area contributed by atoms with Crippen LogP contribution in [0, 0.1) is 5.82 Å². The van der Waals surface area contributed by atoms with Crippen LogP contribution in [0.5, 0.6) is 0 Å². The first-order chi connectivity index (χ1) is 9.47. The Labute approximate surface area is 125 Å². The van der Waals surface area contributed by atoms with Crippen LogP contribution in [-0.4, -0.2) is 36.3 Å². The molecule has 0 aliphatic rings. The topological polar surface area (TPSA) is 75.4 Å². The summed E-state index contributed by atoms with van der Waals surface area (Å²) < 4.78 is 14.4. The van der Waals surface area contributed by atoms with Crippen molar-refractivity contribution < 1.29 is 14.0 Å². The molecule has 0 spiro atoms. The zero-order chi connectivity index (χ0) is 15.1. The lowest BCUT2D eigenvalue weighted by molar-refractivity contribution is -0.133. The minimum Gasteiger partial charge on any atom is -0.346 e. The van der Waals surface area contributed by atoms with Gasteiger partial charge in [-0.25, -0.2) is 4.39 Å². The standard InChI is InChI=1S/C13H17BrFN3O2/c1-2-18(13(20)7-17-12(19)6-16)8-9-5-10(14)3-4-11(9)15/h3-5H,2,6-8,16H2,1H3,(H,17,19). The molecule has 2 amide bonds. The number of benzene rings is 1. The molecule has 0 aliphatic heterocycles. The molecule has 0 aliphatic carbocycles. The van der Waals surface area contributed by atoms with Gasteiger partial charge in [0.25, 0.3) is 0 Å². The van der Waals surface area contributed by atoms with Crippen molar-refractivity contribution in [1.82, 2.24) is 10.2 Å². The predicted octanol–water partition coefficient (Wildman–Crippen LogP) is 1.01. The number of nitrogens with one attached hydrogen (secondary N) is 1. The number of carbonyl (C=O) groups excluding carboxylic acids is 2. The zero-order valence-electron chi connectivity index (χ0n) is 11.2. The van der Waals surface area contributed by atoms with E-state index in [4.69, 9.17) is 5.73 Å². The average molecular weight is 346 g/mol. The summed E-state index contributed by atoms with van der Waals surface area (Å²) in [5.41, 5.74) is 5.55. The highest BCUT2D eigenvalue weighted by molar-refractivity contribution is 9.10. The van der Waals surface area contributed by atoms with Gasteiger partial charge in [0.1, 0.15) is 5.82 Å². The third kappa shape index (κ3) is 4.90. The van der Waals surface area contributed by atoms with E-state index < -0.39 is 5.91 Å². The predicted molar refractivity (Wildman–Crippen MR) is 77.3 cm³/mol. The van der Waals surface area contributed by atoms with Gasteiger partial charge >= 0.3 is 0 Å². The van der Waals surface area contributed by atoms with Crippen molar-refractivity contribution in [2.75, 3.05) is 19.6 Å². The maximum absolute atomic E-state index is 13.7. The van der Waals surface area contributed by atoms with E-state index in [1.54, 1.807) is 19.1 Å². The summed E-state index contributed by atoms with van der Waals surface area (Å²) in [5, 5.41) is 2.40. The summed E-state index contributed by atoms with van der Waals surface area (Å²) in [6.07, 6.45) is 0. The molecule has 0 radical (unpaired) electrons. The maximum atomic E-state index is 13.7. The van der Waals surface area contributed by atoms with Crippen LogP contribution in [0.25, 0.3) is 0 Å².